The number of phenolic OH excluding ortho intramolecular Hbond substituents is 2. The Morgan fingerprint density at radius 3 is 2.13 bits per heavy atom. The summed E-state index contributed by atoms with van der Waals surface area (Å²) in [6, 6.07) is 15.6. The highest BCUT2D eigenvalue weighted by atomic mass is 32.2. The number of benzene rings is 3. The van der Waals surface area contributed by atoms with Crippen molar-refractivity contribution in [3.8, 4) is 17.2 Å². The molecule has 1 heterocycles. The number of phenols is 2. The maximum Gasteiger partial charge on any atom is 0.206 e. The molecule has 1 aromatic heterocycles. The molecule has 0 aliphatic heterocycles. The number of aromatic nitrogens is 3. The van der Waals surface area contributed by atoms with E-state index < -0.39 is 9.84 Å². The summed E-state index contributed by atoms with van der Waals surface area (Å²) in [5, 5.41) is 29.3. The van der Waals surface area contributed by atoms with Gasteiger partial charge in [-0.1, -0.05) is 39.0 Å². The first-order valence-electron chi connectivity index (χ1n) is 9.31. The highest BCUT2D eigenvalue weighted by molar-refractivity contribution is 7.91. The molecule has 7 nitrogen and oxygen atoms in total. The highest BCUT2D eigenvalue weighted by Crippen LogP contribution is 2.37. The van der Waals surface area contributed by atoms with Gasteiger partial charge in [-0.3, -0.25) is 0 Å². The fraction of sp³-hybridized carbons (Fsp3) is 0.182. The molecule has 0 amide bonds. The van der Waals surface area contributed by atoms with E-state index >= 15 is 0 Å². The van der Waals surface area contributed by atoms with Gasteiger partial charge in [-0.15, -0.1) is 15.0 Å². The Labute approximate surface area is 174 Å². The van der Waals surface area contributed by atoms with Crippen LogP contribution in [0.4, 0.5) is 0 Å². The lowest BCUT2D eigenvalue weighted by Gasteiger charge is -2.21. The third kappa shape index (κ3) is 3.39. The molecule has 0 bridgehead atoms. The van der Waals surface area contributed by atoms with Crippen LogP contribution in [0.25, 0.3) is 16.7 Å². The van der Waals surface area contributed by atoms with Crippen LogP contribution in [0.5, 0.6) is 11.5 Å². The molecule has 4 rings (SSSR count). The number of nitrogens with zero attached hydrogens (tertiary/aromatic N) is 3. The zero-order valence-corrected chi connectivity index (χ0v) is 17.6. The van der Waals surface area contributed by atoms with Crippen molar-refractivity contribution in [1.82, 2.24) is 15.0 Å². The van der Waals surface area contributed by atoms with Crippen molar-refractivity contribution >= 4 is 20.9 Å². The van der Waals surface area contributed by atoms with Gasteiger partial charge in [-0.05, 0) is 41.8 Å². The first-order chi connectivity index (χ1) is 14.1. The molecule has 0 saturated heterocycles. The van der Waals surface area contributed by atoms with Crippen LogP contribution in [0, 0.1) is 0 Å². The lowest BCUT2D eigenvalue weighted by Crippen LogP contribution is -2.12. The van der Waals surface area contributed by atoms with E-state index in [4.69, 9.17) is 0 Å². The van der Waals surface area contributed by atoms with E-state index in [-0.39, 0.29) is 26.7 Å². The van der Waals surface area contributed by atoms with Crippen LogP contribution in [0.3, 0.4) is 0 Å². The molecular weight excluding hydrogens is 402 g/mol. The molecule has 8 heteroatoms. The number of rotatable bonds is 3. The molecule has 3 aromatic carbocycles. The van der Waals surface area contributed by atoms with Crippen LogP contribution in [-0.2, 0) is 15.3 Å². The molecular formula is C22H21N3O4S. The average molecular weight is 423 g/mol. The molecule has 2 N–H and O–H groups in total. The van der Waals surface area contributed by atoms with Gasteiger partial charge in [0.25, 0.3) is 0 Å². The largest absolute Gasteiger partial charge is 0.508 e. The molecule has 154 valence electrons. The van der Waals surface area contributed by atoms with Crippen molar-refractivity contribution in [3.05, 3.63) is 66.2 Å². The minimum Gasteiger partial charge on any atom is -0.508 e. The summed E-state index contributed by atoms with van der Waals surface area (Å²) in [4.78, 5) is 1.55. The van der Waals surface area contributed by atoms with Gasteiger partial charge in [0.2, 0.25) is 9.84 Å². The predicted molar refractivity (Wildman–Crippen MR) is 113 cm³/mol. The smallest absolute Gasteiger partial charge is 0.206 e. The monoisotopic (exact) mass is 423 g/mol. The fourth-order valence-electron chi connectivity index (χ4n) is 3.23. The first-order valence-corrected chi connectivity index (χ1v) is 10.8. The van der Waals surface area contributed by atoms with Crippen LogP contribution in [0.2, 0.25) is 0 Å². The maximum atomic E-state index is 12.9. The second kappa shape index (κ2) is 6.84. The van der Waals surface area contributed by atoms with Gasteiger partial charge in [-0.2, -0.15) is 0 Å². The third-order valence-corrected chi connectivity index (χ3v) is 6.60. The Morgan fingerprint density at radius 1 is 0.800 bits per heavy atom. The number of sulfone groups is 1. The quantitative estimate of drug-likeness (QED) is 0.517. The van der Waals surface area contributed by atoms with Crippen molar-refractivity contribution in [1.29, 1.82) is 0 Å². The highest BCUT2D eigenvalue weighted by Gasteiger charge is 2.23. The van der Waals surface area contributed by atoms with Crippen LogP contribution >= 0.6 is 0 Å². The van der Waals surface area contributed by atoms with E-state index in [1.165, 1.54) is 23.0 Å². The summed E-state index contributed by atoms with van der Waals surface area (Å²) < 4.78 is 25.8. The number of fused-ring (bicyclic) bond motifs is 1. The van der Waals surface area contributed by atoms with Crippen LogP contribution in [0.15, 0.2) is 70.5 Å². The summed E-state index contributed by atoms with van der Waals surface area (Å²) in [6.07, 6.45) is 0. The third-order valence-electron chi connectivity index (χ3n) is 4.83. The van der Waals surface area contributed by atoms with Crippen molar-refractivity contribution in [2.75, 3.05) is 0 Å². The summed E-state index contributed by atoms with van der Waals surface area (Å²) in [5.74, 6) is -0.199. The summed E-state index contributed by atoms with van der Waals surface area (Å²) in [7, 11) is -3.69. The van der Waals surface area contributed by atoms with E-state index in [2.05, 4.69) is 10.2 Å². The predicted octanol–water partition coefficient (Wildman–Crippen LogP) is 3.96. The summed E-state index contributed by atoms with van der Waals surface area (Å²) >= 11 is 0. The molecule has 0 unspecified atom stereocenters. The van der Waals surface area contributed by atoms with Gasteiger partial charge in [0.05, 0.1) is 9.79 Å². The van der Waals surface area contributed by atoms with Gasteiger partial charge >= 0.3 is 0 Å². The van der Waals surface area contributed by atoms with Crippen LogP contribution in [0.1, 0.15) is 26.3 Å². The van der Waals surface area contributed by atoms with Crippen molar-refractivity contribution in [2.24, 2.45) is 0 Å². The SMILES string of the molecule is CC(C)(C)c1cc(-n2nc3ccc(S(=O)(=O)c4ccccc4)cc3n2)c(O)cc1O. The standard InChI is InChI=1S/C22H21N3O4S/c1-22(2,3)16-12-19(21(27)13-20(16)26)25-23-17-10-9-15(11-18(17)24-25)30(28,29)14-7-5-4-6-8-14/h4-13,26-27H,1-3H3. The van der Waals surface area contributed by atoms with Gasteiger partial charge in [0.1, 0.15) is 28.2 Å². The van der Waals surface area contributed by atoms with Crippen molar-refractivity contribution in [3.63, 3.8) is 0 Å². The molecule has 0 aliphatic rings. The number of hydrogen-bond donors (Lipinski definition) is 2. The second-order valence-electron chi connectivity index (χ2n) is 8.06. The molecule has 0 saturated carbocycles. The molecule has 4 aromatic rings. The van der Waals surface area contributed by atoms with Gasteiger partial charge in [-0.25, -0.2) is 8.42 Å². The summed E-state index contributed by atoms with van der Waals surface area (Å²) in [5.41, 5.74) is 1.41. The lowest BCUT2D eigenvalue weighted by molar-refractivity contribution is 0.428. The molecule has 0 radical (unpaired) electrons. The normalized spacial score (nSPS) is 12.4. The number of hydrogen-bond acceptors (Lipinski definition) is 6. The Hall–Kier alpha value is -3.39. The van der Waals surface area contributed by atoms with Gasteiger partial charge in [0.15, 0.2) is 0 Å². The Kier molecular flexibility index (Phi) is 4.54. The fourth-order valence-corrected chi connectivity index (χ4v) is 4.53. The minimum atomic E-state index is -3.69. The zero-order valence-electron chi connectivity index (χ0n) is 16.7. The summed E-state index contributed by atoms with van der Waals surface area (Å²) in [6.45, 7) is 5.82. The Balaban J connectivity index is 1.83. The first kappa shape index (κ1) is 19.9. The van der Waals surface area contributed by atoms with E-state index in [9.17, 15) is 18.6 Å². The molecule has 0 aliphatic carbocycles. The molecule has 0 atom stereocenters. The van der Waals surface area contributed by atoms with Gasteiger partial charge in [0, 0.05) is 11.6 Å². The van der Waals surface area contributed by atoms with Gasteiger partial charge < -0.3 is 10.2 Å². The number of aromatic hydroxyl groups is 2. The molecule has 30 heavy (non-hydrogen) atoms. The lowest BCUT2D eigenvalue weighted by atomic mass is 9.86. The minimum absolute atomic E-state index is 0.0169. The maximum absolute atomic E-state index is 12.9. The second-order valence-corrected chi connectivity index (χ2v) is 10.0. The van der Waals surface area contributed by atoms with E-state index in [0.29, 0.717) is 22.3 Å². The van der Waals surface area contributed by atoms with Crippen molar-refractivity contribution < 1.29 is 18.6 Å². The van der Waals surface area contributed by atoms with Crippen molar-refractivity contribution in [2.45, 2.75) is 36.0 Å². The zero-order chi connectivity index (χ0) is 21.7. The Morgan fingerprint density at radius 2 is 1.47 bits per heavy atom. The molecule has 0 fully saturated rings. The molecule has 0 spiro atoms. The van der Waals surface area contributed by atoms with E-state index in [0.717, 1.165) is 0 Å². The average Bonchev–Trinajstić information content (AvgIpc) is 3.10. The van der Waals surface area contributed by atoms with E-state index in [1.807, 2.05) is 20.8 Å². The van der Waals surface area contributed by atoms with Crippen LogP contribution < -0.4 is 0 Å². The topological polar surface area (TPSA) is 105 Å². The Bertz CT molecular complexity index is 1350. The van der Waals surface area contributed by atoms with E-state index in [1.54, 1.807) is 42.5 Å². The van der Waals surface area contributed by atoms with Crippen LogP contribution in [-0.4, -0.2) is 33.6 Å².